The molecular formula is C12H22N6. The molecule has 6 nitrogen and oxygen atoms in total. The minimum absolute atomic E-state index is 0.642. The van der Waals surface area contributed by atoms with Crippen LogP contribution in [-0.2, 0) is 0 Å². The summed E-state index contributed by atoms with van der Waals surface area (Å²) < 4.78 is 0. The zero-order valence-electron chi connectivity index (χ0n) is 10.9. The van der Waals surface area contributed by atoms with Gasteiger partial charge in [0.2, 0.25) is 0 Å². The lowest BCUT2D eigenvalue weighted by Crippen LogP contribution is -2.33. The summed E-state index contributed by atoms with van der Waals surface area (Å²) in [6.45, 7) is 6.27. The Hall–Kier alpha value is -1.40. The molecule has 0 atom stereocenters. The van der Waals surface area contributed by atoms with E-state index in [9.17, 15) is 0 Å². The number of nitrogens with zero attached hydrogens (tertiary/aromatic N) is 3. The Labute approximate surface area is 108 Å². The van der Waals surface area contributed by atoms with Gasteiger partial charge in [-0.25, -0.2) is 15.8 Å². The van der Waals surface area contributed by atoms with Crippen molar-refractivity contribution in [2.24, 2.45) is 5.84 Å². The summed E-state index contributed by atoms with van der Waals surface area (Å²) in [5, 5.41) is 3.32. The van der Waals surface area contributed by atoms with Crippen molar-refractivity contribution in [3.63, 3.8) is 0 Å². The molecule has 0 bridgehead atoms. The average molecular weight is 250 g/mol. The summed E-state index contributed by atoms with van der Waals surface area (Å²) in [5.41, 5.74) is 2.55. The highest BCUT2D eigenvalue weighted by Crippen LogP contribution is 2.10. The minimum atomic E-state index is 0.642. The first-order valence-corrected chi connectivity index (χ1v) is 6.56. The van der Waals surface area contributed by atoms with Gasteiger partial charge in [0.05, 0.1) is 0 Å². The first kappa shape index (κ1) is 13.0. The fourth-order valence-electron chi connectivity index (χ4n) is 2.26. The third-order valence-electron chi connectivity index (χ3n) is 3.17. The van der Waals surface area contributed by atoms with Crippen LogP contribution in [0.5, 0.6) is 0 Å². The minimum Gasteiger partial charge on any atom is -0.369 e. The molecule has 0 aromatic carbocycles. The van der Waals surface area contributed by atoms with Crippen molar-refractivity contribution in [3.05, 3.63) is 11.9 Å². The second kappa shape index (κ2) is 6.51. The van der Waals surface area contributed by atoms with Crippen LogP contribution in [0.15, 0.2) is 6.07 Å². The molecule has 0 aliphatic carbocycles. The van der Waals surface area contributed by atoms with Crippen molar-refractivity contribution >= 4 is 11.6 Å². The smallest absolute Gasteiger partial charge is 0.145 e. The van der Waals surface area contributed by atoms with E-state index in [1.807, 2.05) is 13.0 Å². The number of aryl methyl sites for hydroxylation is 1. The van der Waals surface area contributed by atoms with E-state index >= 15 is 0 Å². The summed E-state index contributed by atoms with van der Waals surface area (Å²) in [5.74, 6) is 7.54. The Bertz CT molecular complexity index is 375. The number of aromatic nitrogens is 2. The molecule has 2 rings (SSSR count). The van der Waals surface area contributed by atoms with Crippen molar-refractivity contribution in [1.29, 1.82) is 0 Å². The van der Waals surface area contributed by atoms with Crippen LogP contribution in [0.2, 0.25) is 0 Å². The summed E-state index contributed by atoms with van der Waals surface area (Å²) in [7, 11) is 0. The molecule has 0 spiro atoms. The summed E-state index contributed by atoms with van der Waals surface area (Å²) in [4.78, 5) is 11.0. The first-order valence-electron chi connectivity index (χ1n) is 6.56. The number of hydrogen-bond donors (Lipinski definition) is 3. The van der Waals surface area contributed by atoms with Crippen LogP contribution in [0.1, 0.15) is 25.1 Å². The maximum Gasteiger partial charge on any atom is 0.145 e. The van der Waals surface area contributed by atoms with Crippen molar-refractivity contribution in [2.45, 2.75) is 26.2 Å². The number of hydrazine groups is 1. The lowest BCUT2D eigenvalue weighted by molar-refractivity contribution is 0.237. The lowest BCUT2D eigenvalue weighted by Gasteiger charge is -2.26. The highest BCUT2D eigenvalue weighted by atomic mass is 15.3. The molecule has 18 heavy (non-hydrogen) atoms. The number of hydrogen-bond acceptors (Lipinski definition) is 6. The molecule has 0 saturated carbocycles. The van der Waals surface area contributed by atoms with Gasteiger partial charge in [-0.2, -0.15) is 0 Å². The number of likely N-dealkylation sites (tertiary alicyclic amines) is 1. The van der Waals surface area contributed by atoms with Gasteiger partial charge >= 0.3 is 0 Å². The van der Waals surface area contributed by atoms with Crippen LogP contribution in [0.4, 0.5) is 11.6 Å². The fourth-order valence-corrected chi connectivity index (χ4v) is 2.26. The highest BCUT2D eigenvalue weighted by Gasteiger charge is 2.09. The second-order valence-electron chi connectivity index (χ2n) is 4.66. The van der Waals surface area contributed by atoms with E-state index in [0.717, 1.165) is 18.9 Å². The molecule has 2 heterocycles. The van der Waals surface area contributed by atoms with Gasteiger partial charge in [-0.05, 0) is 32.9 Å². The predicted molar refractivity (Wildman–Crippen MR) is 73.4 cm³/mol. The second-order valence-corrected chi connectivity index (χ2v) is 4.66. The van der Waals surface area contributed by atoms with Gasteiger partial charge in [-0.3, -0.25) is 0 Å². The van der Waals surface area contributed by atoms with Gasteiger partial charge in [-0.15, -0.1) is 0 Å². The summed E-state index contributed by atoms with van der Waals surface area (Å²) in [6.07, 6.45) is 4.03. The zero-order chi connectivity index (χ0) is 12.8. The molecule has 0 amide bonds. The van der Waals surface area contributed by atoms with Gasteiger partial charge < -0.3 is 15.6 Å². The number of anilines is 2. The van der Waals surface area contributed by atoms with Crippen LogP contribution in [0.3, 0.4) is 0 Å². The lowest BCUT2D eigenvalue weighted by atomic mass is 10.1. The fraction of sp³-hybridized carbons (Fsp3) is 0.667. The Morgan fingerprint density at radius 3 is 2.67 bits per heavy atom. The average Bonchev–Trinajstić information content (AvgIpc) is 2.39. The van der Waals surface area contributed by atoms with Crippen molar-refractivity contribution in [3.8, 4) is 0 Å². The van der Waals surface area contributed by atoms with Crippen molar-refractivity contribution in [1.82, 2.24) is 14.9 Å². The van der Waals surface area contributed by atoms with E-state index in [-0.39, 0.29) is 0 Å². The molecule has 0 unspecified atom stereocenters. The van der Waals surface area contributed by atoms with E-state index in [0.29, 0.717) is 11.6 Å². The van der Waals surface area contributed by atoms with Crippen LogP contribution < -0.4 is 16.6 Å². The topological polar surface area (TPSA) is 79.1 Å². The van der Waals surface area contributed by atoms with Crippen LogP contribution in [0, 0.1) is 6.92 Å². The van der Waals surface area contributed by atoms with E-state index in [1.54, 1.807) is 0 Å². The van der Waals surface area contributed by atoms with Crippen LogP contribution >= 0.6 is 0 Å². The SMILES string of the molecule is Cc1nc(NN)cc(NCCN2CCCCC2)n1. The molecular weight excluding hydrogens is 228 g/mol. The van der Waals surface area contributed by atoms with Crippen molar-refractivity contribution < 1.29 is 0 Å². The maximum atomic E-state index is 5.36. The number of nitrogens with one attached hydrogen (secondary N) is 2. The number of piperidine rings is 1. The number of nitrogens with two attached hydrogens (primary N) is 1. The third kappa shape index (κ3) is 3.82. The largest absolute Gasteiger partial charge is 0.369 e. The Morgan fingerprint density at radius 2 is 1.94 bits per heavy atom. The Balaban J connectivity index is 1.80. The molecule has 1 aromatic rings. The monoisotopic (exact) mass is 250 g/mol. The molecule has 0 radical (unpaired) electrons. The normalized spacial score (nSPS) is 16.6. The number of rotatable bonds is 5. The molecule has 1 aliphatic heterocycles. The van der Waals surface area contributed by atoms with Gasteiger partial charge in [0.15, 0.2) is 0 Å². The molecule has 1 aromatic heterocycles. The van der Waals surface area contributed by atoms with Gasteiger partial charge in [0.25, 0.3) is 0 Å². The number of nitrogen functional groups attached to an aromatic ring is 1. The molecule has 6 heteroatoms. The Kier molecular flexibility index (Phi) is 4.72. The molecule has 1 saturated heterocycles. The van der Waals surface area contributed by atoms with Gasteiger partial charge in [0, 0.05) is 19.2 Å². The summed E-state index contributed by atoms with van der Waals surface area (Å²) in [6, 6.07) is 1.82. The van der Waals surface area contributed by atoms with Crippen LogP contribution in [0.25, 0.3) is 0 Å². The zero-order valence-corrected chi connectivity index (χ0v) is 10.9. The molecule has 100 valence electrons. The first-order chi connectivity index (χ1) is 8.78. The standard InChI is InChI=1S/C12H22N6/c1-10-15-11(9-12(16-10)17-13)14-5-8-18-6-3-2-4-7-18/h9H,2-8,13H2,1H3,(H2,14,15,16,17). The third-order valence-corrected chi connectivity index (χ3v) is 3.17. The predicted octanol–water partition coefficient (Wildman–Crippen LogP) is 0.968. The quantitative estimate of drug-likeness (QED) is 0.534. The molecule has 4 N–H and O–H groups in total. The summed E-state index contributed by atoms with van der Waals surface area (Å²) >= 11 is 0. The van der Waals surface area contributed by atoms with Gasteiger partial charge in [-0.1, -0.05) is 6.42 Å². The van der Waals surface area contributed by atoms with Gasteiger partial charge in [0.1, 0.15) is 17.5 Å². The maximum absolute atomic E-state index is 5.36. The van der Waals surface area contributed by atoms with Crippen LogP contribution in [-0.4, -0.2) is 41.0 Å². The highest BCUT2D eigenvalue weighted by molar-refractivity contribution is 5.46. The van der Waals surface area contributed by atoms with E-state index in [4.69, 9.17) is 5.84 Å². The molecule has 1 fully saturated rings. The van der Waals surface area contributed by atoms with Crippen molar-refractivity contribution in [2.75, 3.05) is 36.9 Å². The Morgan fingerprint density at radius 1 is 1.22 bits per heavy atom. The molecule has 1 aliphatic rings. The van der Waals surface area contributed by atoms with E-state index < -0.39 is 0 Å². The van der Waals surface area contributed by atoms with E-state index in [2.05, 4.69) is 25.6 Å². The van der Waals surface area contributed by atoms with E-state index in [1.165, 1.54) is 32.4 Å².